The van der Waals surface area contributed by atoms with Crippen LogP contribution in [-0.2, 0) is 11.3 Å². The molecular weight excluding hydrogens is 326 g/mol. The Labute approximate surface area is 145 Å². The minimum Gasteiger partial charge on any atom is -0.493 e. The fourth-order valence-electron chi connectivity index (χ4n) is 3.05. The summed E-state index contributed by atoms with van der Waals surface area (Å²) in [7, 11) is 3.13. The number of carboxylic acids is 1. The van der Waals surface area contributed by atoms with E-state index in [4.69, 9.17) is 14.0 Å². The molecule has 0 spiro atoms. The number of carbonyl (C=O) groups is 1. The number of ether oxygens (including phenoxy) is 2. The molecule has 1 N–H and O–H groups in total. The third-order valence-electron chi connectivity index (χ3n) is 4.35. The number of nitrogens with zero attached hydrogens (tertiary/aromatic N) is 3. The van der Waals surface area contributed by atoms with E-state index in [-0.39, 0.29) is 0 Å². The van der Waals surface area contributed by atoms with Crippen molar-refractivity contribution in [2.45, 2.75) is 31.8 Å². The lowest BCUT2D eigenvalue weighted by Gasteiger charge is -2.31. The summed E-state index contributed by atoms with van der Waals surface area (Å²) in [6.07, 6.45) is 2.54. The molecule has 3 rings (SSSR count). The first kappa shape index (κ1) is 17.2. The summed E-state index contributed by atoms with van der Waals surface area (Å²) in [5.41, 5.74) is 0.737. The molecule has 2 heterocycles. The highest BCUT2D eigenvalue weighted by molar-refractivity contribution is 5.73. The van der Waals surface area contributed by atoms with Gasteiger partial charge in [-0.15, -0.1) is 0 Å². The number of aromatic nitrogens is 2. The van der Waals surface area contributed by atoms with Crippen LogP contribution in [0.3, 0.4) is 0 Å². The Morgan fingerprint density at radius 1 is 1.32 bits per heavy atom. The van der Waals surface area contributed by atoms with Gasteiger partial charge in [-0.25, -0.2) is 0 Å². The summed E-state index contributed by atoms with van der Waals surface area (Å²) in [5, 5.41) is 13.3. The predicted octanol–water partition coefficient (Wildman–Crippen LogP) is 2.19. The third kappa shape index (κ3) is 3.74. The van der Waals surface area contributed by atoms with Crippen molar-refractivity contribution in [1.82, 2.24) is 15.0 Å². The molecule has 0 unspecified atom stereocenters. The predicted molar refractivity (Wildman–Crippen MR) is 88.5 cm³/mol. The SMILES string of the molecule is COc1ccc(-c2noc(CN3CCCC[C@@H]3C(=O)O)n2)cc1OC. The zero-order valence-corrected chi connectivity index (χ0v) is 14.3. The lowest BCUT2D eigenvalue weighted by atomic mass is 10.0. The Morgan fingerprint density at radius 3 is 2.84 bits per heavy atom. The van der Waals surface area contributed by atoms with Crippen LogP contribution < -0.4 is 9.47 Å². The van der Waals surface area contributed by atoms with Crippen molar-refractivity contribution in [3.05, 3.63) is 24.1 Å². The maximum atomic E-state index is 11.4. The van der Waals surface area contributed by atoms with E-state index in [1.54, 1.807) is 26.4 Å². The molecule has 2 aromatic rings. The van der Waals surface area contributed by atoms with Gasteiger partial charge in [-0.1, -0.05) is 11.6 Å². The quantitative estimate of drug-likeness (QED) is 0.849. The van der Waals surface area contributed by atoms with Crippen LogP contribution in [0.15, 0.2) is 22.7 Å². The van der Waals surface area contributed by atoms with Crippen LogP contribution in [0.4, 0.5) is 0 Å². The van der Waals surface area contributed by atoms with Crippen LogP contribution in [0, 0.1) is 0 Å². The molecule has 134 valence electrons. The molecule has 1 aromatic carbocycles. The topological polar surface area (TPSA) is 97.9 Å². The van der Waals surface area contributed by atoms with Gasteiger partial charge in [-0.3, -0.25) is 9.69 Å². The van der Waals surface area contributed by atoms with Gasteiger partial charge in [-0.2, -0.15) is 4.98 Å². The molecular formula is C17H21N3O5. The van der Waals surface area contributed by atoms with Crippen molar-refractivity contribution < 1.29 is 23.9 Å². The highest BCUT2D eigenvalue weighted by Crippen LogP contribution is 2.31. The van der Waals surface area contributed by atoms with E-state index in [2.05, 4.69) is 10.1 Å². The van der Waals surface area contributed by atoms with E-state index < -0.39 is 12.0 Å². The molecule has 1 aromatic heterocycles. The minimum atomic E-state index is -0.806. The first-order valence-corrected chi connectivity index (χ1v) is 8.14. The molecule has 25 heavy (non-hydrogen) atoms. The van der Waals surface area contributed by atoms with Gasteiger partial charge in [0.15, 0.2) is 11.5 Å². The molecule has 1 saturated heterocycles. The second-order valence-corrected chi connectivity index (χ2v) is 5.90. The van der Waals surface area contributed by atoms with Gasteiger partial charge in [0.1, 0.15) is 6.04 Å². The Kier molecular flexibility index (Phi) is 5.18. The van der Waals surface area contributed by atoms with Gasteiger partial charge in [0, 0.05) is 5.56 Å². The van der Waals surface area contributed by atoms with Gasteiger partial charge in [0.05, 0.1) is 20.8 Å². The summed E-state index contributed by atoms with van der Waals surface area (Å²) in [6, 6.07) is 4.87. The standard InChI is InChI=1S/C17H21N3O5/c1-23-13-7-6-11(9-14(13)24-2)16-18-15(25-19-16)10-20-8-4-3-5-12(20)17(21)22/h6-7,9,12H,3-5,8,10H2,1-2H3,(H,21,22)/t12-/m1/s1. The number of rotatable bonds is 6. The molecule has 1 aliphatic rings. The molecule has 1 aliphatic heterocycles. The number of hydrogen-bond acceptors (Lipinski definition) is 7. The second-order valence-electron chi connectivity index (χ2n) is 5.90. The number of hydrogen-bond donors (Lipinski definition) is 1. The molecule has 0 aliphatic carbocycles. The molecule has 0 radical (unpaired) electrons. The van der Waals surface area contributed by atoms with E-state index in [0.29, 0.717) is 42.7 Å². The van der Waals surface area contributed by atoms with Crippen LogP contribution in [0.2, 0.25) is 0 Å². The lowest BCUT2D eigenvalue weighted by molar-refractivity contribution is -0.145. The summed E-state index contributed by atoms with van der Waals surface area (Å²) in [5.74, 6) is 1.22. The van der Waals surface area contributed by atoms with Crippen LogP contribution in [-0.4, -0.2) is 52.9 Å². The van der Waals surface area contributed by atoms with Crippen LogP contribution in [0.1, 0.15) is 25.2 Å². The zero-order chi connectivity index (χ0) is 17.8. The van der Waals surface area contributed by atoms with Crippen molar-refractivity contribution in [3.8, 4) is 22.9 Å². The molecule has 1 fully saturated rings. The summed E-state index contributed by atoms with van der Waals surface area (Å²) < 4.78 is 15.8. The molecule has 0 amide bonds. The van der Waals surface area contributed by atoms with E-state index in [9.17, 15) is 9.90 Å². The normalized spacial score (nSPS) is 18.1. The summed E-state index contributed by atoms with van der Waals surface area (Å²) in [4.78, 5) is 17.6. The first-order valence-electron chi connectivity index (χ1n) is 8.14. The lowest BCUT2D eigenvalue weighted by Crippen LogP contribution is -2.44. The maximum absolute atomic E-state index is 11.4. The largest absolute Gasteiger partial charge is 0.493 e. The molecule has 0 bridgehead atoms. The average Bonchev–Trinajstić information content (AvgIpc) is 3.10. The highest BCUT2D eigenvalue weighted by Gasteiger charge is 2.29. The maximum Gasteiger partial charge on any atom is 0.320 e. The number of likely N-dealkylation sites (tertiary alicyclic amines) is 1. The first-order chi connectivity index (χ1) is 12.1. The molecule has 8 nitrogen and oxygen atoms in total. The monoisotopic (exact) mass is 347 g/mol. The highest BCUT2D eigenvalue weighted by atomic mass is 16.5. The van der Waals surface area contributed by atoms with Gasteiger partial charge in [-0.05, 0) is 37.6 Å². The summed E-state index contributed by atoms with van der Waals surface area (Å²) >= 11 is 0. The van der Waals surface area contributed by atoms with Crippen molar-refractivity contribution in [3.63, 3.8) is 0 Å². The number of benzene rings is 1. The molecule has 1 atom stereocenters. The Hall–Kier alpha value is -2.61. The number of piperidine rings is 1. The Balaban J connectivity index is 1.77. The van der Waals surface area contributed by atoms with Crippen LogP contribution >= 0.6 is 0 Å². The molecule has 0 saturated carbocycles. The third-order valence-corrected chi connectivity index (χ3v) is 4.35. The number of carboxylic acid groups (broad SMARTS) is 1. The fourth-order valence-corrected chi connectivity index (χ4v) is 3.05. The van der Waals surface area contributed by atoms with Crippen molar-refractivity contribution in [2.75, 3.05) is 20.8 Å². The second kappa shape index (κ2) is 7.52. The van der Waals surface area contributed by atoms with Crippen molar-refractivity contribution >= 4 is 5.97 Å². The van der Waals surface area contributed by atoms with E-state index in [1.165, 1.54) is 0 Å². The van der Waals surface area contributed by atoms with Crippen LogP contribution in [0.25, 0.3) is 11.4 Å². The van der Waals surface area contributed by atoms with Crippen molar-refractivity contribution in [2.24, 2.45) is 0 Å². The van der Waals surface area contributed by atoms with E-state index >= 15 is 0 Å². The number of aliphatic carboxylic acids is 1. The van der Waals surface area contributed by atoms with Crippen LogP contribution in [0.5, 0.6) is 11.5 Å². The number of methoxy groups -OCH3 is 2. The Bertz CT molecular complexity index is 746. The Morgan fingerprint density at radius 2 is 2.12 bits per heavy atom. The van der Waals surface area contributed by atoms with Crippen molar-refractivity contribution in [1.29, 1.82) is 0 Å². The van der Waals surface area contributed by atoms with E-state index in [0.717, 1.165) is 18.4 Å². The average molecular weight is 347 g/mol. The smallest absolute Gasteiger partial charge is 0.320 e. The fraction of sp³-hybridized carbons (Fsp3) is 0.471. The minimum absolute atomic E-state index is 0.331. The van der Waals surface area contributed by atoms with Gasteiger partial charge in [0.2, 0.25) is 11.7 Å². The summed E-state index contributed by atoms with van der Waals surface area (Å²) in [6.45, 7) is 1.04. The van der Waals surface area contributed by atoms with Gasteiger partial charge in [0.25, 0.3) is 0 Å². The van der Waals surface area contributed by atoms with Gasteiger partial charge >= 0.3 is 5.97 Å². The van der Waals surface area contributed by atoms with E-state index in [1.807, 2.05) is 11.0 Å². The van der Waals surface area contributed by atoms with Gasteiger partial charge < -0.3 is 19.1 Å². The zero-order valence-electron chi connectivity index (χ0n) is 14.3. The molecule has 8 heteroatoms.